The van der Waals surface area contributed by atoms with E-state index in [0.29, 0.717) is 17.1 Å². The SMILES string of the molecule is COc1cc(Nc2cc(C(=O)O)ccc2N)ccc1F. The molecule has 0 heterocycles. The summed E-state index contributed by atoms with van der Waals surface area (Å²) in [5, 5.41) is 11.9. The number of nitrogens with two attached hydrogens (primary N) is 1. The highest BCUT2D eigenvalue weighted by Gasteiger charge is 2.08. The maximum absolute atomic E-state index is 13.3. The van der Waals surface area contributed by atoms with Crippen LogP contribution in [0.3, 0.4) is 0 Å². The number of anilines is 3. The van der Waals surface area contributed by atoms with Crippen molar-refractivity contribution in [1.29, 1.82) is 0 Å². The molecule has 0 saturated carbocycles. The van der Waals surface area contributed by atoms with Crippen LogP contribution >= 0.6 is 0 Å². The second-order valence-electron chi connectivity index (χ2n) is 4.08. The summed E-state index contributed by atoms with van der Waals surface area (Å²) in [5.41, 5.74) is 7.24. The summed E-state index contributed by atoms with van der Waals surface area (Å²) < 4.78 is 18.2. The molecule has 0 aromatic heterocycles. The fourth-order valence-electron chi connectivity index (χ4n) is 1.69. The Morgan fingerprint density at radius 1 is 1.30 bits per heavy atom. The third kappa shape index (κ3) is 2.80. The van der Waals surface area contributed by atoms with Crippen LogP contribution in [-0.2, 0) is 0 Å². The van der Waals surface area contributed by atoms with Gasteiger partial charge in [0, 0.05) is 11.8 Å². The second-order valence-corrected chi connectivity index (χ2v) is 4.08. The Kier molecular flexibility index (Phi) is 3.74. The molecule has 0 fully saturated rings. The van der Waals surface area contributed by atoms with Gasteiger partial charge in [-0.25, -0.2) is 9.18 Å². The van der Waals surface area contributed by atoms with Gasteiger partial charge in [0.2, 0.25) is 0 Å². The number of hydrogen-bond acceptors (Lipinski definition) is 4. The Morgan fingerprint density at radius 2 is 2.05 bits per heavy atom. The van der Waals surface area contributed by atoms with Gasteiger partial charge in [0.25, 0.3) is 0 Å². The van der Waals surface area contributed by atoms with E-state index < -0.39 is 11.8 Å². The molecule has 0 radical (unpaired) electrons. The molecule has 2 aromatic carbocycles. The van der Waals surface area contributed by atoms with E-state index in [4.69, 9.17) is 15.6 Å². The Hall–Kier alpha value is -2.76. The average molecular weight is 276 g/mol. The van der Waals surface area contributed by atoms with Crippen molar-refractivity contribution in [3.63, 3.8) is 0 Å². The standard InChI is InChI=1S/C14H13FN2O3/c1-20-13-7-9(3-4-10(13)15)17-12-6-8(14(18)19)2-5-11(12)16/h2-7,17H,16H2,1H3,(H,18,19). The molecule has 20 heavy (non-hydrogen) atoms. The number of methoxy groups -OCH3 is 1. The van der Waals surface area contributed by atoms with Crippen LogP contribution in [0.4, 0.5) is 21.5 Å². The van der Waals surface area contributed by atoms with Crippen LogP contribution in [0.25, 0.3) is 0 Å². The largest absolute Gasteiger partial charge is 0.494 e. The van der Waals surface area contributed by atoms with E-state index in [1.165, 1.54) is 43.5 Å². The molecule has 0 unspecified atom stereocenters. The van der Waals surface area contributed by atoms with Crippen molar-refractivity contribution in [2.75, 3.05) is 18.2 Å². The maximum atomic E-state index is 13.3. The molecule has 104 valence electrons. The molecule has 0 atom stereocenters. The lowest BCUT2D eigenvalue weighted by atomic mass is 10.1. The number of halogens is 1. The highest BCUT2D eigenvalue weighted by atomic mass is 19.1. The lowest BCUT2D eigenvalue weighted by Crippen LogP contribution is -2.01. The second kappa shape index (κ2) is 5.48. The molecule has 0 spiro atoms. The molecule has 0 aliphatic carbocycles. The van der Waals surface area contributed by atoms with Gasteiger partial charge in [-0.2, -0.15) is 0 Å². The third-order valence-electron chi connectivity index (χ3n) is 2.73. The van der Waals surface area contributed by atoms with Gasteiger partial charge >= 0.3 is 5.97 Å². The van der Waals surface area contributed by atoms with Crippen LogP contribution in [0.1, 0.15) is 10.4 Å². The highest BCUT2D eigenvalue weighted by molar-refractivity contribution is 5.91. The molecule has 2 aromatic rings. The summed E-state index contributed by atoms with van der Waals surface area (Å²) in [5.74, 6) is -1.45. The van der Waals surface area contributed by atoms with Crippen LogP contribution < -0.4 is 15.8 Å². The van der Waals surface area contributed by atoms with E-state index in [0.717, 1.165) is 0 Å². The predicted octanol–water partition coefficient (Wildman–Crippen LogP) is 2.86. The number of carbonyl (C=O) groups is 1. The quantitative estimate of drug-likeness (QED) is 0.748. The lowest BCUT2D eigenvalue weighted by Gasteiger charge is -2.11. The average Bonchev–Trinajstić information content (AvgIpc) is 2.43. The number of nitrogens with one attached hydrogen (secondary N) is 1. The Bertz CT molecular complexity index is 659. The lowest BCUT2D eigenvalue weighted by molar-refractivity contribution is 0.0697. The van der Waals surface area contributed by atoms with Crippen LogP contribution in [0.2, 0.25) is 0 Å². The first kappa shape index (κ1) is 13.7. The number of benzene rings is 2. The van der Waals surface area contributed by atoms with E-state index >= 15 is 0 Å². The minimum Gasteiger partial charge on any atom is -0.494 e. The van der Waals surface area contributed by atoms with Crippen molar-refractivity contribution < 1.29 is 19.0 Å². The van der Waals surface area contributed by atoms with Crippen molar-refractivity contribution in [2.45, 2.75) is 0 Å². The molecular formula is C14H13FN2O3. The zero-order valence-electron chi connectivity index (χ0n) is 10.7. The Morgan fingerprint density at radius 3 is 2.70 bits per heavy atom. The van der Waals surface area contributed by atoms with E-state index in [2.05, 4.69) is 5.32 Å². The predicted molar refractivity (Wildman–Crippen MR) is 74.0 cm³/mol. The van der Waals surface area contributed by atoms with E-state index in [1.807, 2.05) is 0 Å². The van der Waals surface area contributed by atoms with E-state index in [9.17, 15) is 9.18 Å². The monoisotopic (exact) mass is 276 g/mol. The minimum atomic E-state index is -1.05. The van der Waals surface area contributed by atoms with Gasteiger partial charge in [-0.05, 0) is 30.3 Å². The van der Waals surface area contributed by atoms with Crippen molar-refractivity contribution in [2.24, 2.45) is 0 Å². The van der Waals surface area contributed by atoms with Crippen molar-refractivity contribution in [3.05, 3.63) is 47.8 Å². The minimum absolute atomic E-state index is 0.0861. The van der Waals surface area contributed by atoms with Gasteiger partial charge in [0.1, 0.15) is 0 Å². The fourth-order valence-corrected chi connectivity index (χ4v) is 1.69. The summed E-state index contributed by atoms with van der Waals surface area (Å²) >= 11 is 0. The third-order valence-corrected chi connectivity index (χ3v) is 2.73. The first-order chi connectivity index (χ1) is 9.51. The molecule has 0 bridgehead atoms. The van der Waals surface area contributed by atoms with E-state index in [1.54, 1.807) is 0 Å². The maximum Gasteiger partial charge on any atom is 0.335 e. The van der Waals surface area contributed by atoms with Gasteiger partial charge in [0.05, 0.1) is 24.0 Å². The molecule has 6 heteroatoms. The number of carboxylic acids is 1. The number of aromatic carboxylic acids is 1. The van der Waals surface area contributed by atoms with Crippen molar-refractivity contribution in [3.8, 4) is 5.75 Å². The number of carboxylic acid groups (broad SMARTS) is 1. The zero-order valence-corrected chi connectivity index (χ0v) is 10.7. The van der Waals surface area contributed by atoms with Gasteiger partial charge in [-0.15, -0.1) is 0 Å². The number of rotatable bonds is 4. The normalized spacial score (nSPS) is 10.1. The van der Waals surface area contributed by atoms with Gasteiger partial charge in [-0.3, -0.25) is 0 Å². The van der Waals surface area contributed by atoms with Gasteiger partial charge in [0.15, 0.2) is 11.6 Å². The van der Waals surface area contributed by atoms with Crippen LogP contribution in [0.5, 0.6) is 5.75 Å². The van der Waals surface area contributed by atoms with Crippen LogP contribution in [-0.4, -0.2) is 18.2 Å². The molecule has 0 aliphatic rings. The summed E-state index contributed by atoms with van der Waals surface area (Å²) in [4.78, 5) is 10.9. The Balaban J connectivity index is 2.34. The van der Waals surface area contributed by atoms with Crippen LogP contribution in [0.15, 0.2) is 36.4 Å². The summed E-state index contributed by atoms with van der Waals surface area (Å²) in [7, 11) is 1.36. The summed E-state index contributed by atoms with van der Waals surface area (Å²) in [6, 6.07) is 8.53. The molecule has 5 nitrogen and oxygen atoms in total. The molecular weight excluding hydrogens is 263 g/mol. The smallest absolute Gasteiger partial charge is 0.335 e. The zero-order chi connectivity index (χ0) is 14.7. The summed E-state index contributed by atoms with van der Waals surface area (Å²) in [6.45, 7) is 0. The van der Waals surface area contributed by atoms with Crippen LogP contribution in [0, 0.1) is 5.82 Å². The molecule has 0 amide bonds. The van der Waals surface area contributed by atoms with Gasteiger partial charge < -0.3 is 20.9 Å². The molecule has 0 saturated heterocycles. The van der Waals surface area contributed by atoms with E-state index in [-0.39, 0.29) is 11.3 Å². The fraction of sp³-hybridized carbons (Fsp3) is 0.0714. The topological polar surface area (TPSA) is 84.6 Å². The highest BCUT2D eigenvalue weighted by Crippen LogP contribution is 2.28. The molecule has 4 N–H and O–H groups in total. The number of nitrogen functional groups attached to an aromatic ring is 1. The van der Waals surface area contributed by atoms with Crippen molar-refractivity contribution in [1.82, 2.24) is 0 Å². The first-order valence-corrected chi connectivity index (χ1v) is 5.74. The number of hydrogen-bond donors (Lipinski definition) is 3. The molecule has 0 aliphatic heterocycles. The van der Waals surface area contributed by atoms with Crippen molar-refractivity contribution >= 4 is 23.0 Å². The Labute approximate surface area is 114 Å². The first-order valence-electron chi connectivity index (χ1n) is 5.74. The molecule has 2 rings (SSSR count). The van der Waals surface area contributed by atoms with Gasteiger partial charge in [-0.1, -0.05) is 0 Å². The number of ether oxygens (including phenoxy) is 1. The summed E-state index contributed by atoms with van der Waals surface area (Å²) in [6.07, 6.45) is 0.